The maximum absolute atomic E-state index is 11.3. The molecule has 1 fully saturated rings. The number of carboxylic acids is 1. The molecule has 11 heteroatoms. The van der Waals surface area contributed by atoms with Crippen LogP contribution in [-0.2, 0) is 17.9 Å². The SMILES string of the molecule is CCn1ncc2c3c(NCc4ccc(OC)c(Cl)c4)nnc(NC4CCC(C(=O)O)CC4)c3cnc21. The van der Waals surface area contributed by atoms with Crippen LogP contribution >= 0.6 is 11.6 Å². The summed E-state index contributed by atoms with van der Waals surface area (Å²) in [5.41, 5.74) is 1.75. The molecule has 1 aliphatic carbocycles. The number of benzene rings is 1. The monoisotopic (exact) mass is 509 g/mol. The summed E-state index contributed by atoms with van der Waals surface area (Å²) in [7, 11) is 1.59. The Balaban J connectivity index is 1.48. The molecule has 3 heterocycles. The molecule has 36 heavy (non-hydrogen) atoms. The van der Waals surface area contributed by atoms with Gasteiger partial charge >= 0.3 is 5.97 Å². The maximum Gasteiger partial charge on any atom is 0.306 e. The van der Waals surface area contributed by atoms with Crippen molar-refractivity contribution in [2.24, 2.45) is 5.92 Å². The topological polar surface area (TPSA) is 127 Å². The van der Waals surface area contributed by atoms with E-state index in [1.165, 1.54) is 0 Å². The molecule has 5 rings (SSSR count). The zero-order chi connectivity index (χ0) is 25.2. The van der Waals surface area contributed by atoms with Crippen molar-refractivity contribution >= 4 is 51.0 Å². The Hall–Kier alpha value is -3.66. The molecule has 4 aromatic rings. The van der Waals surface area contributed by atoms with Gasteiger partial charge in [-0.25, -0.2) is 9.67 Å². The molecule has 0 amide bonds. The molecule has 3 N–H and O–H groups in total. The summed E-state index contributed by atoms with van der Waals surface area (Å²) in [6.45, 7) is 3.22. The number of nitrogens with one attached hydrogen (secondary N) is 2. The van der Waals surface area contributed by atoms with Crippen LogP contribution < -0.4 is 15.4 Å². The van der Waals surface area contributed by atoms with Crippen LogP contribution in [0.3, 0.4) is 0 Å². The van der Waals surface area contributed by atoms with Crippen LogP contribution in [0.25, 0.3) is 21.8 Å². The Labute approximate surface area is 213 Å². The molecule has 188 valence electrons. The molecule has 0 aliphatic heterocycles. The van der Waals surface area contributed by atoms with Crippen molar-refractivity contribution in [3.63, 3.8) is 0 Å². The Morgan fingerprint density at radius 3 is 2.64 bits per heavy atom. The normalized spacial score (nSPS) is 17.9. The number of ether oxygens (including phenoxy) is 1. The van der Waals surface area contributed by atoms with Gasteiger partial charge in [0.25, 0.3) is 0 Å². The van der Waals surface area contributed by atoms with E-state index in [9.17, 15) is 9.90 Å². The highest BCUT2D eigenvalue weighted by molar-refractivity contribution is 6.32. The number of aromatic nitrogens is 5. The molecule has 0 saturated heterocycles. The highest BCUT2D eigenvalue weighted by Crippen LogP contribution is 2.34. The van der Waals surface area contributed by atoms with Crippen molar-refractivity contribution in [2.45, 2.75) is 51.7 Å². The lowest BCUT2D eigenvalue weighted by Crippen LogP contribution is -2.29. The summed E-state index contributed by atoms with van der Waals surface area (Å²) in [4.78, 5) is 16.0. The van der Waals surface area contributed by atoms with E-state index < -0.39 is 5.97 Å². The van der Waals surface area contributed by atoms with Gasteiger partial charge in [-0.15, -0.1) is 10.2 Å². The molecule has 0 bridgehead atoms. The highest BCUT2D eigenvalue weighted by atomic mass is 35.5. The summed E-state index contributed by atoms with van der Waals surface area (Å²) in [6, 6.07) is 5.77. The van der Waals surface area contributed by atoms with Gasteiger partial charge in [0.2, 0.25) is 0 Å². The zero-order valence-corrected chi connectivity index (χ0v) is 20.9. The average Bonchev–Trinajstić information content (AvgIpc) is 3.32. The zero-order valence-electron chi connectivity index (χ0n) is 20.2. The molecule has 1 saturated carbocycles. The molecule has 0 atom stereocenters. The van der Waals surface area contributed by atoms with Crippen molar-refractivity contribution < 1.29 is 14.6 Å². The summed E-state index contributed by atoms with van der Waals surface area (Å²) >= 11 is 6.30. The Kier molecular flexibility index (Phi) is 6.77. The second-order valence-electron chi connectivity index (χ2n) is 9.00. The minimum Gasteiger partial charge on any atom is -0.495 e. The highest BCUT2D eigenvalue weighted by Gasteiger charge is 2.27. The number of aliphatic carboxylic acids is 1. The lowest BCUT2D eigenvalue weighted by Gasteiger charge is -2.27. The molecular weight excluding hydrogens is 482 g/mol. The van der Waals surface area contributed by atoms with Crippen molar-refractivity contribution in [3.8, 4) is 5.75 Å². The number of hydrogen-bond acceptors (Lipinski definition) is 8. The van der Waals surface area contributed by atoms with Crippen LogP contribution in [0.4, 0.5) is 11.6 Å². The Morgan fingerprint density at radius 1 is 1.17 bits per heavy atom. The van der Waals surface area contributed by atoms with Crippen LogP contribution in [0.5, 0.6) is 5.75 Å². The fourth-order valence-corrected chi connectivity index (χ4v) is 5.09. The van der Waals surface area contributed by atoms with Crippen LogP contribution in [0.15, 0.2) is 30.6 Å². The number of carbonyl (C=O) groups is 1. The molecule has 10 nitrogen and oxygen atoms in total. The van der Waals surface area contributed by atoms with E-state index in [1.807, 2.05) is 36.0 Å². The number of halogens is 1. The molecule has 1 aliphatic rings. The minimum absolute atomic E-state index is 0.132. The third-order valence-electron chi connectivity index (χ3n) is 6.80. The number of carboxylic acid groups (broad SMARTS) is 1. The summed E-state index contributed by atoms with van der Waals surface area (Å²) in [5, 5.41) is 32.9. The summed E-state index contributed by atoms with van der Waals surface area (Å²) in [5.74, 6) is 0.899. The smallest absolute Gasteiger partial charge is 0.306 e. The number of fused-ring (bicyclic) bond motifs is 3. The van der Waals surface area contributed by atoms with Gasteiger partial charge in [0.15, 0.2) is 17.3 Å². The van der Waals surface area contributed by atoms with Crippen LogP contribution in [-0.4, -0.2) is 49.2 Å². The average molecular weight is 510 g/mol. The first-order chi connectivity index (χ1) is 17.5. The predicted octanol–water partition coefficient (Wildman–Crippen LogP) is 4.72. The van der Waals surface area contributed by atoms with Crippen molar-refractivity contribution in [1.82, 2.24) is 25.0 Å². The molecule has 0 radical (unpaired) electrons. The first kappa shape index (κ1) is 24.1. The fraction of sp³-hybridized carbons (Fsp3) is 0.400. The van der Waals surface area contributed by atoms with Gasteiger partial charge in [0.1, 0.15) is 5.75 Å². The predicted molar refractivity (Wildman–Crippen MR) is 139 cm³/mol. The quantitative estimate of drug-likeness (QED) is 0.309. The summed E-state index contributed by atoms with van der Waals surface area (Å²) in [6.07, 6.45) is 6.44. The van der Waals surface area contributed by atoms with E-state index in [2.05, 4.69) is 30.9 Å². The fourth-order valence-electron chi connectivity index (χ4n) is 4.81. The largest absolute Gasteiger partial charge is 0.495 e. The van der Waals surface area contributed by atoms with Crippen LogP contribution in [0, 0.1) is 5.92 Å². The number of hydrogen-bond donors (Lipinski definition) is 3. The van der Waals surface area contributed by atoms with Gasteiger partial charge < -0.3 is 20.5 Å². The Bertz CT molecular complexity index is 1420. The number of anilines is 2. The molecular formula is C25H28ClN7O3. The standard InChI is InChI=1S/C25H28ClN7O3/c1-3-33-24-18(13-29-33)21-17(12-28-24)22(30-16-7-5-15(6-8-16)25(34)35)31-32-23(21)27-11-14-4-9-20(36-2)19(26)10-14/h4,9-10,12-13,15-16H,3,5-8,11H2,1-2H3,(H,27,32)(H,30,31)(H,34,35). The van der Waals surface area contributed by atoms with Gasteiger partial charge in [-0.2, -0.15) is 5.10 Å². The maximum atomic E-state index is 11.3. The summed E-state index contributed by atoms with van der Waals surface area (Å²) < 4.78 is 7.10. The lowest BCUT2D eigenvalue weighted by atomic mass is 9.86. The third kappa shape index (κ3) is 4.60. The van der Waals surface area contributed by atoms with Crippen LogP contribution in [0.2, 0.25) is 5.02 Å². The second-order valence-corrected chi connectivity index (χ2v) is 9.40. The third-order valence-corrected chi connectivity index (χ3v) is 7.10. The van der Waals surface area contributed by atoms with Gasteiger partial charge in [-0.3, -0.25) is 4.79 Å². The van der Waals surface area contributed by atoms with Crippen molar-refractivity contribution in [1.29, 1.82) is 0 Å². The van der Waals surface area contributed by atoms with E-state index in [0.29, 0.717) is 48.3 Å². The van der Waals surface area contributed by atoms with Gasteiger partial charge in [0.05, 0.1) is 29.6 Å². The molecule has 1 aromatic carbocycles. The van der Waals surface area contributed by atoms with Crippen molar-refractivity contribution in [2.75, 3.05) is 17.7 Å². The van der Waals surface area contributed by atoms with Crippen molar-refractivity contribution in [3.05, 3.63) is 41.2 Å². The Morgan fingerprint density at radius 2 is 1.94 bits per heavy atom. The molecule has 0 spiro atoms. The molecule has 0 unspecified atom stereocenters. The van der Waals surface area contributed by atoms with E-state index in [1.54, 1.807) is 13.3 Å². The molecule has 3 aromatic heterocycles. The lowest BCUT2D eigenvalue weighted by molar-refractivity contribution is -0.142. The minimum atomic E-state index is -0.716. The first-order valence-electron chi connectivity index (χ1n) is 12.0. The number of aryl methyl sites for hydroxylation is 1. The number of rotatable bonds is 8. The van der Waals surface area contributed by atoms with Gasteiger partial charge in [0, 0.05) is 36.1 Å². The van der Waals surface area contributed by atoms with Crippen LogP contribution in [0.1, 0.15) is 38.2 Å². The number of nitrogens with zero attached hydrogens (tertiary/aromatic N) is 5. The second kappa shape index (κ2) is 10.1. The van der Waals surface area contributed by atoms with E-state index in [-0.39, 0.29) is 12.0 Å². The van der Waals surface area contributed by atoms with Gasteiger partial charge in [-0.05, 0) is 50.3 Å². The van der Waals surface area contributed by atoms with E-state index >= 15 is 0 Å². The first-order valence-corrected chi connectivity index (χ1v) is 12.4. The van der Waals surface area contributed by atoms with E-state index in [4.69, 9.17) is 16.3 Å². The van der Waals surface area contributed by atoms with E-state index in [0.717, 1.165) is 40.2 Å². The number of pyridine rings is 1. The van der Waals surface area contributed by atoms with Gasteiger partial charge in [-0.1, -0.05) is 17.7 Å². The number of methoxy groups -OCH3 is 1.